The SMILES string of the molecule is CC(C(=O)O)C(C)N1CCCCC1. The smallest absolute Gasteiger partial charge is 0.307 e. The number of aliphatic carboxylic acids is 1. The minimum Gasteiger partial charge on any atom is -0.481 e. The van der Waals surface area contributed by atoms with Gasteiger partial charge in [-0.25, -0.2) is 0 Å². The van der Waals surface area contributed by atoms with Crippen LogP contribution in [0.25, 0.3) is 0 Å². The highest BCUT2D eigenvalue weighted by Crippen LogP contribution is 2.17. The van der Waals surface area contributed by atoms with Gasteiger partial charge in [-0.1, -0.05) is 13.3 Å². The molecule has 0 amide bonds. The summed E-state index contributed by atoms with van der Waals surface area (Å²) in [5, 5.41) is 8.86. The van der Waals surface area contributed by atoms with Gasteiger partial charge in [0.25, 0.3) is 0 Å². The van der Waals surface area contributed by atoms with Gasteiger partial charge in [0.1, 0.15) is 0 Å². The summed E-state index contributed by atoms with van der Waals surface area (Å²) in [5.41, 5.74) is 0. The number of carboxylic acids is 1. The number of likely N-dealkylation sites (tertiary alicyclic amines) is 1. The number of hydrogen-bond donors (Lipinski definition) is 1. The van der Waals surface area contributed by atoms with E-state index in [-0.39, 0.29) is 12.0 Å². The maximum atomic E-state index is 10.8. The minimum atomic E-state index is -0.682. The summed E-state index contributed by atoms with van der Waals surface area (Å²) in [5.74, 6) is -0.934. The Balaban J connectivity index is 2.44. The highest BCUT2D eigenvalue weighted by atomic mass is 16.4. The van der Waals surface area contributed by atoms with Gasteiger partial charge in [0, 0.05) is 6.04 Å². The first-order chi connectivity index (χ1) is 6.13. The van der Waals surface area contributed by atoms with Crippen LogP contribution in [0, 0.1) is 5.92 Å². The standard InChI is InChI=1S/C10H19NO2/c1-8(10(12)13)9(2)11-6-4-3-5-7-11/h8-9H,3-7H2,1-2H3,(H,12,13). The van der Waals surface area contributed by atoms with Crippen LogP contribution in [0.3, 0.4) is 0 Å². The average Bonchev–Trinajstić information content (AvgIpc) is 2.17. The van der Waals surface area contributed by atoms with Crippen LogP contribution < -0.4 is 0 Å². The van der Waals surface area contributed by atoms with Crippen molar-refractivity contribution in [2.24, 2.45) is 5.92 Å². The molecule has 3 heteroatoms. The van der Waals surface area contributed by atoms with Crippen molar-refractivity contribution in [1.29, 1.82) is 0 Å². The Morgan fingerprint density at radius 2 is 1.77 bits per heavy atom. The first kappa shape index (κ1) is 10.5. The fraction of sp³-hybridized carbons (Fsp3) is 0.900. The second-order valence-corrected chi connectivity index (χ2v) is 3.96. The molecule has 3 nitrogen and oxygen atoms in total. The number of hydrogen-bond acceptors (Lipinski definition) is 2. The second kappa shape index (κ2) is 4.61. The number of rotatable bonds is 3. The highest BCUT2D eigenvalue weighted by Gasteiger charge is 2.25. The molecule has 0 bridgehead atoms. The van der Waals surface area contributed by atoms with Crippen LogP contribution in [-0.4, -0.2) is 35.1 Å². The normalized spacial score (nSPS) is 23.8. The largest absolute Gasteiger partial charge is 0.481 e. The monoisotopic (exact) mass is 185 g/mol. The first-order valence-electron chi connectivity index (χ1n) is 5.10. The van der Waals surface area contributed by atoms with E-state index in [9.17, 15) is 4.79 Å². The zero-order chi connectivity index (χ0) is 9.84. The number of carboxylic acid groups (broad SMARTS) is 1. The van der Waals surface area contributed by atoms with Gasteiger partial charge in [-0.15, -0.1) is 0 Å². The minimum absolute atomic E-state index is 0.179. The Labute approximate surface area is 79.7 Å². The maximum absolute atomic E-state index is 10.8. The third-order valence-electron chi connectivity index (χ3n) is 3.08. The number of piperidine rings is 1. The lowest BCUT2D eigenvalue weighted by molar-refractivity contribution is -0.143. The van der Waals surface area contributed by atoms with Crippen molar-refractivity contribution in [2.45, 2.75) is 39.2 Å². The van der Waals surface area contributed by atoms with Crippen LogP contribution in [0.4, 0.5) is 0 Å². The summed E-state index contributed by atoms with van der Waals surface area (Å²) in [6, 6.07) is 0.179. The summed E-state index contributed by atoms with van der Waals surface area (Å²) in [4.78, 5) is 13.1. The van der Waals surface area contributed by atoms with Crippen LogP contribution >= 0.6 is 0 Å². The molecule has 0 aliphatic carbocycles. The van der Waals surface area contributed by atoms with Crippen molar-refractivity contribution in [1.82, 2.24) is 4.90 Å². The Kier molecular flexibility index (Phi) is 3.72. The van der Waals surface area contributed by atoms with Crippen LogP contribution in [0.1, 0.15) is 33.1 Å². The van der Waals surface area contributed by atoms with E-state index in [1.165, 1.54) is 19.3 Å². The Morgan fingerprint density at radius 3 is 2.23 bits per heavy atom. The van der Waals surface area contributed by atoms with E-state index < -0.39 is 5.97 Å². The molecule has 2 unspecified atom stereocenters. The molecule has 1 rings (SSSR count). The van der Waals surface area contributed by atoms with Gasteiger partial charge in [-0.05, 0) is 32.9 Å². The van der Waals surface area contributed by atoms with E-state index in [1.54, 1.807) is 6.92 Å². The van der Waals surface area contributed by atoms with Crippen LogP contribution in [0.15, 0.2) is 0 Å². The quantitative estimate of drug-likeness (QED) is 0.725. The molecule has 0 radical (unpaired) electrons. The predicted octanol–water partition coefficient (Wildman–Crippen LogP) is 1.58. The fourth-order valence-corrected chi connectivity index (χ4v) is 1.85. The van der Waals surface area contributed by atoms with Crippen molar-refractivity contribution in [2.75, 3.05) is 13.1 Å². The molecule has 0 saturated carbocycles. The number of nitrogens with zero attached hydrogens (tertiary/aromatic N) is 1. The molecule has 1 saturated heterocycles. The molecule has 0 aromatic rings. The predicted molar refractivity (Wildman–Crippen MR) is 51.7 cm³/mol. The zero-order valence-corrected chi connectivity index (χ0v) is 8.49. The second-order valence-electron chi connectivity index (χ2n) is 3.96. The van der Waals surface area contributed by atoms with Crippen molar-refractivity contribution in [3.8, 4) is 0 Å². The fourth-order valence-electron chi connectivity index (χ4n) is 1.85. The molecule has 13 heavy (non-hydrogen) atoms. The van der Waals surface area contributed by atoms with Crippen LogP contribution in [0.2, 0.25) is 0 Å². The van der Waals surface area contributed by atoms with E-state index in [1.807, 2.05) is 6.92 Å². The molecule has 1 fully saturated rings. The lowest BCUT2D eigenvalue weighted by atomic mass is 9.99. The van der Waals surface area contributed by atoms with Crippen LogP contribution in [0.5, 0.6) is 0 Å². The van der Waals surface area contributed by atoms with Gasteiger partial charge < -0.3 is 5.11 Å². The molecule has 1 N–H and O–H groups in total. The van der Waals surface area contributed by atoms with Crippen molar-refractivity contribution in [3.63, 3.8) is 0 Å². The Hall–Kier alpha value is -0.570. The Bertz CT molecular complexity index is 176. The molecular formula is C10H19NO2. The van der Waals surface area contributed by atoms with Crippen molar-refractivity contribution < 1.29 is 9.90 Å². The molecule has 0 spiro atoms. The average molecular weight is 185 g/mol. The molecule has 2 atom stereocenters. The maximum Gasteiger partial charge on any atom is 0.307 e. The molecule has 0 aromatic carbocycles. The van der Waals surface area contributed by atoms with Gasteiger partial charge >= 0.3 is 5.97 Å². The summed E-state index contributed by atoms with van der Waals surface area (Å²) in [7, 11) is 0. The first-order valence-corrected chi connectivity index (χ1v) is 5.10. The van der Waals surface area contributed by atoms with Gasteiger partial charge in [0.15, 0.2) is 0 Å². The lowest BCUT2D eigenvalue weighted by Gasteiger charge is -2.34. The summed E-state index contributed by atoms with van der Waals surface area (Å²) >= 11 is 0. The van der Waals surface area contributed by atoms with Crippen molar-refractivity contribution in [3.05, 3.63) is 0 Å². The van der Waals surface area contributed by atoms with Gasteiger partial charge in [-0.3, -0.25) is 9.69 Å². The van der Waals surface area contributed by atoms with E-state index in [0.29, 0.717) is 0 Å². The highest BCUT2D eigenvalue weighted by molar-refractivity contribution is 5.70. The van der Waals surface area contributed by atoms with Gasteiger partial charge in [-0.2, -0.15) is 0 Å². The van der Waals surface area contributed by atoms with E-state index in [4.69, 9.17) is 5.11 Å². The molecule has 1 aliphatic heterocycles. The van der Waals surface area contributed by atoms with Crippen molar-refractivity contribution >= 4 is 5.97 Å². The summed E-state index contributed by atoms with van der Waals surface area (Å²) < 4.78 is 0. The van der Waals surface area contributed by atoms with E-state index in [2.05, 4.69) is 4.90 Å². The summed E-state index contributed by atoms with van der Waals surface area (Å²) in [6.45, 7) is 5.95. The van der Waals surface area contributed by atoms with E-state index in [0.717, 1.165) is 13.1 Å². The lowest BCUT2D eigenvalue weighted by Crippen LogP contribution is -2.43. The Morgan fingerprint density at radius 1 is 1.23 bits per heavy atom. The molecule has 0 aromatic heterocycles. The topological polar surface area (TPSA) is 40.5 Å². The molecule has 1 aliphatic rings. The molecular weight excluding hydrogens is 166 g/mol. The summed E-state index contributed by atoms with van der Waals surface area (Å²) in [6.07, 6.45) is 3.73. The van der Waals surface area contributed by atoms with Gasteiger partial charge in [0.05, 0.1) is 5.92 Å². The van der Waals surface area contributed by atoms with Crippen LogP contribution in [-0.2, 0) is 4.79 Å². The zero-order valence-electron chi connectivity index (χ0n) is 8.49. The van der Waals surface area contributed by atoms with Gasteiger partial charge in [0.2, 0.25) is 0 Å². The third-order valence-corrected chi connectivity index (χ3v) is 3.08. The van der Waals surface area contributed by atoms with E-state index >= 15 is 0 Å². The third kappa shape index (κ3) is 2.69. The molecule has 76 valence electrons. The number of carbonyl (C=O) groups is 1. The molecule has 1 heterocycles.